The summed E-state index contributed by atoms with van der Waals surface area (Å²) in [6, 6.07) is -1.54. The van der Waals surface area contributed by atoms with Gasteiger partial charge >= 0.3 is 12.0 Å². The Morgan fingerprint density at radius 1 is 1.53 bits per heavy atom. The van der Waals surface area contributed by atoms with Crippen LogP contribution in [0.1, 0.15) is 6.42 Å². The van der Waals surface area contributed by atoms with Crippen LogP contribution in [-0.4, -0.2) is 66.8 Å². The van der Waals surface area contributed by atoms with Crippen LogP contribution in [0.2, 0.25) is 0 Å². The minimum absolute atomic E-state index is 0.0614. The predicted molar refractivity (Wildman–Crippen MR) is 63.5 cm³/mol. The van der Waals surface area contributed by atoms with Crippen molar-refractivity contribution in [3.63, 3.8) is 0 Å². The highest BCUT2D eigenvalue weighted by molar-refractivity contribution is 5.90. The molecule has 2 fully saturated rings. The number of aliphatic carboxylic acids is 1. The Hall–Kier alpha value is -1.83. The summed E-state index contributed by atoms with van der Waals surface area (Å²) in [6.45, 7) is 1.43. The van der Waals surface area contributed by atoms with Gasteiger partial charge in [0.2, 0.25) is 5.91 Å². The molecule has 0 saturated carbocycles. The first-order valence-corrected chi connectivity index (χ1v) is 6.19. The quantitative estimate of drug-likeness (QED) is 0.586. The summed E-state index contributed by atoms with van der Waals surface area (Å²) in [6.07, 6.45) is 0.878. The van der Waals surface area contributed by atoms with Crippen LogP contribution in [0.3, 0.4) is 0 Å². The van der Waals surface area contributed by atoms with Gasteiger partial charge in [-0.3, -0.25) is 9.69 Å². The van der Waals surface area contributed by atoms with Crippen LogP contribution in [0, 0.1) is 5.92 Å². The zero-order valence-electron chi connectivity index (χ0n) is 10.4. The van der Waals surface area contributed by atoms with Crippen LogP contribution in [0.5, 0.6) is 0 Å². The maximum Gasteiger partial charge on any atom is 0.328 e. The minimum Gasteiger partial charge on any atom is -0.480 e. The van der Waals surface area contributed by atoms with Gasteiger partial charge in [-0.25, -0.2) is 9.59 Å². The second-order valence-corrected chi connectivity index (χ2v) is 4.70. The van der Waals surface area contributed by atoms with Crippen molar-refractivity contribution in [2.24, 2.45) is 5.92 Å². The number of nitrogens with zero attached hydrogens (tertiary/aromatic N) is 1. The lowest BCUT2D eigenvalue weighted by molar-refractivity contribution is -0.144. The van der Waals surface area contributed by atoms with Crippen molar-refractivity contribution >= 4 is 17.9 Å². The molecule has 0 aliphatic carbocycles. The average molecular weight is 271 g/mol. The summed E-state index contributed by atoms with van der Waals surface area (Å²) >= 11 is 0. The van der Waals surface area contributed by atoms with Gasteiger partial charge in [0.05, 0.1) is 6.61 Å². The number of hydrogen-bond acceptors (Lipinski definition) is 4. The van der Waals surface area contributed by atoms with Crippen LogP contribution in [0.15, 0.2) is 0 Å². The number of rotatable bonds is 3. The summed E-state index contributed by atoms with van der Waals surface area (Å²) in [5, 5.41) is 14.1. The molecule has 19 heavy (non-hydrogen) atoms. The first-order chi connectivity index (χ1) is 9.08. The fraction of sp³-hybridized carbons (Fsp3) is 0.727. The molecule has 0 aromatic carbocycles. The monoisotopic (exact) mass is 271 g/mol. The van der Waals surface area contributed by atoms with E-state index in [9.17, 15) is 14.4 Å². The highest BCUT2D eigenvalue weighted by Crippen LogP contribution is 2.11. The number of carbonyl (C=O) groups excluding carboxylic acids is 2. The summed E-state index contributed by atoms with van der Waals surface area (Å²) in [4.78, 5) is 35.3. The zero-order valence-corrected chi connectivity index (χ0v) is 10.4. The fourth-order valence-electron chi connectivity index (χ4n) is 2.15. The number of urea groups is 1. The van der Waals surface area contributed by atoms with Crippen molar-refractivity contribution in [3.05, 3.63) is 0 Å². The highest BCUT2D eigenvalue weighted by atomic mass is 16.5. The van der Waals surface area contributed by atoms with E-state index in [2.05, 4.69) is 10.6 Å². The van der Waals surface area contributed by atoms with Crippen molar-refractivity contribution in [1.82, 2.24) is 15.5 Å². The second-order valence-electron chi connectivity index (χ2n) is 4.70. The van der Waals surface area contributed by atoms with Crippen LogP contribution in [-0.2, 0) is 14.3 Å². The largest absolute Gasteiger partial charge is 0.480 e. The summed E-state index contributed by atoms with van der Waals surface area (Å²) in [5.74, 6) is -1.22. The first kappa shape index (κ1) is 13.6. The number of carboxylic acid groups (broad SMARTS) is 1. The normalized spacial score (nSPS) is 26.9. The Kier molecular flexibility index (Phi) is 4.20. The van der Waals surface area contributed by atoms with Gasteiger partial charge in [-0.05, 0) is 6.42 Å². The molecule has 2 unspecified atom stereocenters. The molecule has 3 N–H and O–H groups in total. The second kappa shape index (κ2) is 5.87. The van der Waals surface area contributed by atoms with Crippen molar-refractivity contribution in [2.45, 2.75) is 12.5 Å². The van der Waals surface area contributed by atoms with Gasteiger partial charge in [-0.2, -0.15) is 0 Å². The Morgan fingerprint density at radius 2 is 2.32 bits per heavy atom. The van der Waals surface area contributed by atoms with Crippen molar-refractivity contribution in [1.29, 1.82) is 0 Å². The summed E-state index contributed by atoms with van der Waals surface area (Å²) < 4.78 is 5.19. The minimum atomic E-state index is -1.13. The third-order valence-electron chi connectivity index (χ3n) is 3.29. The molecule has 2 aliphatic rings. The molecule has 3 amide bonds. The lowest BCUT2D eigenvalue weighted by atomic mass is 10.1. The number of piperazine rings is 1. The molecule has 8 heteroatoms. The van der Waals surface area contributed by atoms with E-state index in [1.54, 1.807) is 0 Å². The lowest BCUT2D eigenvalue weighted by Crippen LogP contribution is -2.61. The van der Waals surface area contributed by atoms with Crippen molar-refractivity contribution < 1.29 is 24.2 Å². The van der Waals surface area contributed by atoms with Gasteiger partial charge < -0.3 is 20.5 Å². The molecule has 8 nitrogen and oxygen atoms in total. The smallest absolute Gasteiger partial charge is 0.328 e. The molecule has 2 rings (SSSR count). The standard InChI is InChI=1S/C11H17N3O5/c15-9-5-14(8(4-12-9)10(16)17)11(18)13-3-7-1-2-19-6-7/h7-8H,1-6H2,(H,12,15)(H,13,18)(H,16,17). The zero-order chi connectivity index (χ0) is 13.8. The van der Waals surface area contributed by atoms with Crippen LogP contribution < -0.4 is 10.6 Å². The van der Waals surface area contributed by atoms with E-state index in [1.807, 2.05) is 0 Å². The van der Waals surface area contributed by atoms with Gasteiger partial charge in [0.15, 0.2) is 0 Å². The molecule has 2 aliphatic heterocycles. The SMILES string of the molecule is O=C1CN(C(=O)NCC2CCOC2)C(C(=O)O)CN1. The summed E-state index contributed by atoms with van der Waals surface area (Å²) in [7, 11) is 0. The van der Waals surface area contributed by atoms with E-state index in [-0.39, 0.29) is 24.9 Å². The molecule has 0 bridgehead atoms. The van der Waals surface area contributed by atoms with Crippen molar-refractivity contribution in [3.8, 4) is 0 Å². The first-order valence-electron chi connectivity index (χ1n) is 6.19. The Morgan fingerprint density at radius 3 is 2.95 bits per heavy atom. The van der Waals surface area contributed by atoms with Crippen LogP contribution in [0.25, 0.3) is 0 Å². The van der Waals surface area contributed by atoms with E-state index in [0.29, 0.717) is 19.8 Å². The summed E-state index contributed by atoms with van der Waals surface area (Å²) in [5.41, 5.74) is 0. The number of carbonyl (C=O) groups is 3. The van der Waals surface area contributed by atoms with E-state index in [1.165, 1.54) is 0 Å². The molecule has 106 valence electrons. The maximum atomic E-state index is 11.9. The molecule has 0 spiro atoms. The third-order valence-corrected chi connectivity index (χ3v) is 3.29. The van der Waals surface area contributed by atoms with Gasteiger partial charge in [-0.1, -0.05) is 0 Å². The van der Waals surface area contributed by atoms with Gasteiger partial charge in [0, 0.05) is 25.6 Å². The predicted octanol–water partition coefficient (Wildman–Crippen LogP) is -1.38. The van der Waals surface area contributed by atoms with Gasteiger partial charge in [0.1, 0.15) is 12.6 Å². The van der Waals surface area contributed by atoms with Gasteiger partial charge in [0.25, 0.3) is 0 Å². The average Bonchev–Trinajstić information content (AvgIpc) is 2.88. The Bertz CT molecular complexity index is 381. The number of hydrogen-bond donors (Lipinski definition) is 3. The van der Waals surface area contributed by atoms with E-state index < -0.39 is 18.0 Å². The fourth-order valence-corrected chi connectivity index (χ4v) is 2.15. The molecule has 0 aromatic rings. The maximum absolute atomic E-state index is 11.9. The number of nitrogens with one attached hydrogen (secondary N) is 2. The molecular weight excluding hydrogens is 254 g/mol. The molecular formula is C11H17N3O5. The van der Waals surface area contributed by atoms with Crippen molar-refractivity contribution in [2.75, 3.05) is 32.8 Å². The third kappa shape index (κ3) is 3.34. The van der Waals surface area contributed by atoms with E-state index in [0.717, 1.165) is 11.3 Å². The highest BCUT2D eigenvalue weighted by Gasteiger charge is 2.35. The molecule has 2 saturated heterocycles. The number of carboxylic acids is 1. The van der Waals surface area contributed by atoms with Gasteiger partial charge in [-0.15, -0.1) is 0 Å². The Labute approximate surface area is 110 Å². The molecule has 0 radical (unpaired) electrons. The number of ether oxygens (including phenoxy) is 1. The van der Waals surface area contributed by atoms with Crippen LogP contribution in [0.4, 0.5) is 4.79 Å². The molecule has 2 atom stereocenters. The Balaban J connectivity index is 1.90. The van der Waals surface area contributed by atoms with Crippen LogP contribution >= 0.6 is 0 Å². The van der Waals surface area contributed by atoms with E-state index in [4.69, 9.17) is 9.84 Å². The molecule has 0 aromatic heterocycles. The topological polar surface area (TPSA) is 108 Å². The number of amides is 3. The van der Waals surface area contributed by atoms with E-state index >= 15 is 0 Å². The lowest BCUT2D eigenvalue weighted by Gasteiger charge is -2.32. The molecule has 2 heterocycles.